The van der Waals surface area contributed by atoms with E-state index in [4.69, 9.17) is 29.3 Å². The van der Waals surface area contributed by atoms with E-state index in [1.54, 1.807) is 0 Å². The van der Waals surface area contributed by atoms with E-state index in [2.05, 4.69) is 25.5 Å². The predicted molar refractivity (Wildman–Crippen MR) is 167 cm³/mol. The van der Waals surface area contributed by atoms with Gasteiger partial charge in [0.15, 0.2) is 6.23 Å². The minimum atomic E-state index is -4.99. The van der Waals surface area contributed by atoms with Crippen LogP contribution in [-0.4, -0.2) is 102 Å². The van der Waals surface area contributed by atoms with Gasteiger partial charge in [-0.15, -0.1) is 0 Å². The van der Waals surface area contributed by atoms with Gasteiger partial charge >= 0.3 is 27.4 Å². The van der Waals surface area contributed by atoms with E-state index in [1.165, 1.54) is 6.07 Å². The van der Waals surface area contributed by atoms with Crippen LogP contribution in [0.25, 0.3) is 0 Å². The maximum Gasteiger partial charge on any atom is 0.472 e. The van der Waals surface area contributed by atoms with Gasteiger partial charge < -0.3 is 46.2 Å². The average Bonchev–Trinajstić information content (AvgIpc) is 3.63. The van der Waals surface area contributed by atoms with Crippen LogP contribution in [0.4, 0.5) is 10.6 Å². The molecule has 0 aromatic carbocycles. The number of phosphoric acid groups is 2. The first-order chi connectivity index (χ1) is 22.2. The van der Waals surface area contributed by atoms with Gasteiger partial charge in [0.2, 0.25) is 5.91 Å². The Hall–Kier alpha value is -2.09. The molecule has 22 heteroatoms. The van der Waals surface area contributed by atoms with Gasteiger partial charge in [0.1, 0.15) is 24.1 Å². The second-order valence-electron chi connectivity index (χ2n) is 11.4. The molecule has 4 rings (SSSR count). The largest absolute Gasteiger partial charge is 0.472 e. The zero-order chi connectivity index (χ0) is 34.2. The number of nitrogens with two attached hydrogens (primary N) is 1. The fourth-order valence-electron chi connectivity index (χ4n) is 5.54. The lowest BCUT2D eigenvalue weighted by atomic mass is 10.0. The number of carbonyl (C=O) groups is 2. The second-order valence-corrected chi connectivity index (χ2v) is 15.3. The van der Waals surface area contributed by atoms with Gasteiger partial charge in [-0.2, -0.15) is 16.7 Å². The molecule has 47 heavy (non-hydrogen) atoms. The van der Waals surface area contributed by atoms with Gasteiger partial charge in [-0.05, 0) is 31.7 Å². The number of thioether (sulfide) groups is 1. The van der Waals surface area contributed by atoms with Crippen molar-refractivity contribution in [3.8, 4) is 0 Å². The van der Waals surface area contributed by atoms with Crippen molar-refractivity contribution in [1.29, 1.82) is 0 Å². The van der Waals surface area contributed by atoms with Crippen LogP contribution in [0.15, 0.2) is 17.1 Å². The van der Waals surface area contributed by atoms with E-state index in [0.717, 1.165) is 35.8 Å². The van der Waals surface area contributed by atoms with Gasteiger partial charge in [0.25, 0.3) is 0 Å². The first-order valence-corrected chi connectivity index (χ1v) is 19.3. The third-order valence-corrected chi connectivity index (χ3v) is 10.8. The number of nitrogens with zero attached hydrogens (tertiary/aromatic N) is 2. The first kappa shape index (κ1) is 37.7. The molecular formula is C25H42N6O13P2S. The molecule has 0 radical (unpaired) electrons. The lowest BCUT2D eigenvalue weighted by Gasteiger charge is -2.23. The van der Waals surface area contributed by atoms with Crippen molar-refractivity contribution >= 4 is 45.2 Å². The van der Waals surface area contributed by atoms with Crippen molar-refractivity contribution in [2.75, 3.05) is 31.2 Å². The molecule has 1 aromatic heterocycles. The number of fused-ring (bicyclic) bond motifs is 1. The minimum Gasteiger partial charge on any atom is -0.386 e. The van der Waals surface area contributed by atoms with Crippen LogP contribution in [-0.2, 0) is 32.2 Å². The number of hydrogen-bond acceptors (Lipinski definition) is 13. The summed E-state index contributed by atoms with van der Waals surface area (Å²) in [5.74, 6) is 0.773. The summed E-state index contributed by atoms with van der Waals surface area (Å²) in [6.07, 6.45) is 0.150. The van der Waals surface area contributed by atoms with Gasteiger partial charge in [-0.1, -0.05) is 19.3 Å². The Morgan fingerprint density at radius 2 is 1.89 bits per heavy atom. The summed E-state index contributed by atoms with van der Waals surface area (Å²) >= 11 is 1.85. The average molecular weight is 729 g/mol. The van der Waals surface area contributed by atoms with Crippen LogP contribution < -0.4 is 27.4 Å². The Labute approximate surface area is 274 Å². The fraction of sp³-hybridized carbons (Fsp3) is 0.760. The van der Waals surface area contributed by atoms with Crippen molar-refractivity contribution in [2.45, 2.75) is 93.2 Å². The molecule has 1 unspecified atom stereocenters. The summed E-state index contributed by atoms with van der Waals surface area (Å²) in [4.78, 5) is 67.8. The van der Waals surface area contributed by atoms with E-state index < -0.39 is 52.5 Å². The Kier molecular flexibility index (Phi) is 13.7. The molecule has 0 saturated carbocycles. The normalized spacial score (nSPS) is 28.4. The molecule has 3 fully saturated rings. The smallest absolute Gasteiger partial charge is 0.386 e. The van der Waals surface area contributed by atoms with Crippen molar-refractivity contribution in [3.63, 3.8) is 0 Å². The lowest BCUT2D eigenvalue weighted by molar-refractivity contribution is -0.121. The van der Waals surface area contributed by atoms with Crippen LogP contribution in [0.5, 0.6) is 0 Å². The molecule has 4 heterocycles. The molecule has 3 aliphatic rings. The third-order valence-electron chi connectivity index (χ3n) is 7.83. The van der Waals surface area contributed by atoms with Gasteiger partial charge in [-0.25, -0.2) is 18.7 Å². The van der Waals surface area contributed by atoms with E-state index in [0.29, 0.717) is 43.9 Å². The zero-order valence-electron chi connectivity index (χ0n) is 25.4. The van der Waals surface area contributed by atoms with Crippen LogP contribution in [0.3, 0.4) is 0 Å². The zero-order valence-corrected chi connectivity index (χ0v) is 28.0. The van der Waals surface area contributed by atoms with E-state index in [9.17, 15) is 33.5 Å². The highest BCUT2D eigenvalue weighted by molar-refractivity contribution is 8.00. The predicted octanol–water partition coefficient (Wildman–Crippen LogP) is 0.0977. The maximum absolute atomic E-state index is 12.7. The third kappa shape index (κ3) is 11.5. The second kappa shape index (κ2) is 17.0. The molecule has 3 aliphatic heterocycles. The summed E-state index contributed by atoms with van der Waals surface area (Å²) in [6, 6.07) is 1.48. The fourth-order valence-corrected chi connectivity index (χ4v) is 8.41. The highest BCUT2D eigenvalue weighted by Crippen LogP contribution is 2.49. The Morgan fingerprint density at radius 1 is 1.13 bits per heavy atom. The van der Waals surface area contributed by atoms with Crippen LogP contribution in [0.2, 0.25) is 0 Å². The Bertz CT molecular complexity index is 1380. The Balaban J connectivity index is 1.10. The maximum atomic E-state index is 12.7. The molecule has 266 valence electrons. The highest BCUT2D eigenvalue weighted by atomic mass is 32.2. The molecule has 3 saturated heterocycles. The molecular weight excluding hydrogens is 686 g/mol. The number of aromatic nitrogens is 2. The van der Waals surface area contributed by atoms with Crippen molar-refractivity contribution < 1.29 is 56.8 Å². The minimum absolute atomic E-state index is 0.0261. The summed E-state index contributed by atoms with van der Waals surface area (Å²) < 4.78 is 44.8. The number of unbranched alkanes of at least 4 members (excludes halogenated alkanes) is 4. The molecule has 0 bridgehead atoms. The summed E-state index contributed by atoms with van der Waals surface area (Å²) in [7, 11) is -9.81. The first-order valence-electron chi connectivity index (χ1n) is 15.2. The molecule has 0 aliphatic carbocycles. The molecule has 8 atom stereocenters. The molecule has 0 spiro atoms. The number of ether oxygens (including phenoxy) is 1. The SMILES string of the molecule is Nc1ccn([C@@H]2O[C@H](COP(=O)(O)O)[C@@H](OP(=O)(O)OCCCCCCNC(=O)CCCC[C@@H]3SC[C@@H]4NC(=O)N[C@@H]43)[C@H]2O)c(=O)n1. The number of aliphatic hydroxyl groups excluding tert-OH is 1. The number of nitrogens with one attached hydrogen (secondary N) is 3. The highest BCUT2D eigenvalue weighted by Gasteiger charge is 2.50. The van der Waals surface area contributed by atoms with E-state index in [1.807, 2.05) is 11.8 Å². The molecule has 19 nitrogen and oxygen atoms in total. The van der Waals surface area contributed by atoms with Crippen molar-refractivity contribution in [3.05, 3.63) is 22.7 Å². The van der Waals surface area contributed by atoms with Crippen LogP contribution in [0.1, 0.15) is 57.6 Å². The summed E-state index contributed by atoms with van der Waals surface area (Å²) in [5, 5.41) is 19.9. The van der Waals surface area contributed by atoms with Crippen molar-refractivity contribution in [2.24, 2.45) is 0 Å². The number of nitrogen functional groups attached to an aromatic ring is 1. The number of phosphoric ester groups is 2. The molecule has 9 N–H and O–H groups in total. The number of amides is 3. The van der Waals surface area contributed by atoms with Crippen LogP contribution in [0, 0.1) is 0 Å². The number of aliphatic hydroxyl groups is 1. The van der Waals surface area contributed by atoms with Crippen molar-refractivity contribution in [1.82, 2.24) is 25.5 Å². The van der Waals surface area contributed by atoms with Gasteiger partial charge in [0.05, 0.1) is 25.3 Å². The molecule has 3 amide bonds. The van der Waals surface area contributed by atoms with Gasteiger partial charge in [-0.3, -0.25) is 22.9 Å². The summed E-state index contributed by atoms with van der Waals surface area (Å²) in [6.45, 7) is -0.541. The number of hydrogen-bond donors (Lipinski definition) is 8. The summed E-state index contributed by atoms with van der Waals surface area (Å²) in [5.41, 5.74) is 4.56. The lowest BCUT2D eigenvalue weighted by Crippen LogP contribution is -2.37. The van der Waals surface area contributed by atoms with E-state index in [-0.39, 0.29) is 36.4 Å². The number of rotatable bonds is 19. The quantitative estimate of drug-likeness (QED) is 0.0532. The monoisotopic (exact) mass is 728 g/mol. The van der Waals surface area contributed by atoms with Gasteiger partial charge in [0, 0.05) is 30.2 Å². The topological polar surface area (TPSA) is 283 Å². The number of carbonyl (C=O) groups excluding carboxylic acids is 2. The Morgan fingerprint density at radius 3 is 2.64 bits per heavy atom. The molecule has 1 aromatic rings. The van der Waals surface area contributed by atoms with E-state index >= 15 is 0 Å². The standard InChI is InChI=1S/C25H42N6O13P2S/c26-18-9-11-31(25(35)29-18)23-21(33)22(16(43-23)13-42-45(36,37)38)44-46(39,40)41-12-6-2-1-5-10-27-19(32)8-4-3-7-17-20-15(14-47-17)28-24(34)30-20/h9,11,15-17,20-23,33H,1-8,10,12-14H2,(H,27,32)(H,39,40)(H2,26,29,35)(H2,28,30,34)(H2,36,37,38)/t15-,16+,17-,20-,21+,22+,23+/m0/s1. The number of urea groups is 1. The van der Waals surface area contributed by atoms with Crippen LogP contribution >= 0.6 is 27.4 Å². The number of anilines is 1.